The molecule has 2 rings (SSSR count). The van der Waals surface area contributed by atoms with E-state index in [4.69, 9.17) is 9.47 Å². The van der Waals surface area contributed by atoms with Crippen molar-refractivity contribution in [3.05, 3.63) is 35.9 Å². The summed E-state index contributed by atoms with van der Waals surface area (Å²) in [5, 5.41) is 20.8. The summed E-state index contributed by atoms with van der Waals surface area (Å²) in [6, 6.07) is 8.68. The van der Waals surface area contributed by atoms with Crippen LogP contribution < -0.4 is 0 Å². The Bertz CT molecular complexity index is 507. The van der Waals surface area contributed by atoms with Crippen LogP contribution in [0.3, 0.4) is 0 Å². The van der Waals surface area contributed by atoms with Crippen molar-refractivity contribution in [1.82, 2.24) is 0 Å². The summed E-state index contributed by atoms with van der Waals surface area (Å²) in [4.78, 5) is 12.0. The fourth-order valence-corrected chi connectivity index (χ4v) is 3.61. The van der Waals surface area contributed by atoms with Gasteiger partial charge in [-0.25, -0.2) is 4.79 Å². The molecule has 1 heterocycles. The van der Waals surface area contributed by atoms with Gasteiger partial charge in [-0.3, -0.25) is 0 Å². The van der Waals surface area contributed by atoms with E-state index in [9.17, 15) is 15.0 Å². The lowest BCUT2D eigenvalue weighted by Crippen LogP contribution is -2.53. The lowest BCUT2D eigenvalue weighted by atomic mass is 9.92. The molecule has 0 saturated carbocycles. The predicted molar refractivity (Wildman–Crippen MR) is 89.3 cm³/mol. The SMILES string of the molecule is CC(C)S[C@@H]1O[C@@H](COC(=O)c2ccccc2)[C@H](O)[C@H](C)[C@@H]1O. The molecule has 1 aliphatic heterocycles. The molecule has 1 fully saturated rings. The van der Waals surface area contributed by atoms with Crippen molar-refractivity contribution in [3.63, 3.8) is 0 Å². The maximum absolute atomic E-state index is 12.0. The van der Waals surface area contributed by atoms with Gasteiger partial charge in [-0.2, -0.15) is 0 Å². The van der Waals surface area contributed by atoms with Crippen molar-refractivity contribution in [1.29, 1.82) is 0 Å². The highest BCUT2D eigenvalue weighted by Gasteiger charge is 2.43. The molecule has 0 radical (unpaired) electrons. The molecule has 0 aromatic heterocycles. The summed E-state index contributed by atoms with van der Waals surface area (Å²) in [6.45, 7) is 5.76. The number of aliphatic hydroxyl groups excluding tert-OH is 2. The summed E-state index contributed by atoms with van der Waals surface area (Å²) >= 11 is 1.50. The van der Waals surface area contributed by atoms with Crippen LogP contribution >= 0.6 is 11.8 Å². The first-order valence-electron chi connectivity index (χ1n) is 7.79. The minimum atomic E-state index is -0.877. The zero-order valence-corrected chi connectivity index (χ0v) is 14.4. The van der Waals surface area contributed by atoms with E-state index < -0.39 is 29.7 Å². The van der Waals surface area contributed by atoms with Crippen LogP contribution in [0.15, 0.2) is 30.3 Å². The van der Waals surface area contributed by atoms with Crippen molar-refractivity contribution in [2.45, 2.75) is 49.8 Å². The highest BCUT2D eigenvalue weighted by atomic mass is 32.2. The standard InChI is InChI=1S/C17H24O5S/c1-10(2)23-17-15(19)11(3)14(18)13(22-17)9-21-16(20)12-7-5-4-6-8-12/h4-8,10-11,13-15,17-19H,9H2,1-3H3/t11-,13-,14+,15-,17-/m0/s1. The highest BCUT2D eigenvalue weighted by Crippen LogP contribution is 2.33. The van der Waals surface area contributed by atoms with E-state index in [1.54, 1.807) is 31.2 Å². The molecular formula is C17H24O5S. The molecule has 0 unspecified atom stereocenters. The fourth-order valence-electron chi connectivity index (χ4n) is 2.46. The third-order valence-corrected chi connectivity index (χ3v) is 5.04. The first kappa shape index (κ1) is 18.3. The summed E-state index contributed by atoms with van der Waals surface area (Å²) in [7, 11) is 0. The zero-order chi connectivity index (χ0) is 17.0. The first-order chi connectivity index (χ1) is 10.9. The minimum absolute atomic E-state index is 0.0406. The first-order valence-corrected chi connectivity index (χ1v) is 8.73. The summed E-state index contributed by atoms with van der Waals surface area (Å²) in [6.07, 6.45) is -2.27. The minimum Gasteiger partial charge on any atom is -0.459 e. The molecule has 23 heavy (non-hydrogen) atoms. The summed E-state index contributed by atoms with van der Waals surface area (Å²) in [5.41, 5.74) is 0.0211. The number of carbonyl (C=O) groups excluding carboxylic acids is 1. The number of esters is 1. The normalized spacial score (nSPS) is 31.1. The van der Waals surface area contributed by atoms with Crippen LogP contribution in [0.5, 0.6) is 0 Å². The fraction of sp³-hybridized carbons (Fsp3) is 0.588. The topological polar surface area (TPSA) is 76.0 Å². The van der Waals surface area contributed by atoms with Gasteiger partial charge in [0.05, 0.1) is 17.8 Å². The number of hydrogen-bond donors (Lipinski definition) is 2. The molecule has 2 N–H and O–H groups in total. The number of aliphatic hydroxyl groups is 2. The second kappa shape index (κ2) is 8.15. The van der Waals surface area contributed by atoms with Crippen LogP contribution in [0.25, 0.3) is 0 Å². The van der Waals surface area contributed by atoms with E-state index in [0.29, 0.717) is 5.56 Å². The Morgan fingerprint density at radius 3 is 2.52 bits per heavy atom. The van der Waals surface area contributed by atoms with Crippen LogP contribution in [0.2, 0.25) is 0 Å². The number of thioether (sulfide) groups is 1. The van der Waals surface area contributed by atoms with Crippen LogP contribution in [0, 0.1) is 5.92 Å². The van der Waals surface area contributed by atoms with Gasteiger partial charge in [0, 0.05) is 11.2 Å². The van der Waals surface area contributed by atoms with Gasteiger partial charge in [-0.1, -0.05) is 39.0 Å². The molecule has 1 saturated heterocycles. The maximum Gasteiger partial charge on any atom is 0.338 e. The van der Waals surface area contributed by atoms with Gasteiger partial charge in [-0.15, -0.1) is 11.8 Å². The van der Waals surface area contributed by atoms with Crippen molar-refractivity contribution >= 4 is 17.7 Å². The van der Waals surface area contributed by atoms with E-state index in [-0.39, 0.29) is 17.8 Å². The van der Waals surface area contributed by atoms with Crippen molar-refractivity contribution < 1.29 is 24.5 Å². The number of hydrogen-bond acceptors (Lipinski definition) is 6. The third-order valence-electron chi connectivity index (χ3n) is 3.84. The summed E-state index contributed by atoms with van der Waals surface area (Å²) < 4.78 is 11.0. The van der Waals surface area contributed by atoms with Gasteiger partial charge in [0.15, 0.2) is 0 Å². The molecule has 0 aliphatic carbocycles. The molecule has 1 aromatic carbocycles. The van der Waals surface area contributed by atoms with E-state index in [2.05, 4.69) is 0 Å². The lowest BCUT2D eigenvalue weighted by Gasteiger charge is -2.41. The molecule has 5 atom stereocenters. The molecule has 0 bridgehead atoms. The molecule has 0 spiro atoms. The molecule has 1 aliphatic rings. The third kappa shape index (κ3) is 4.70. The second-order valence-corrected chi connectivity index (χ2v) is 7.71. The Balaban J connectivity index is 1.96. The van der Waals surface area contributed by atoms with Crippen LogP contribution in [-0.4, -0.2) is 51.8 Å². The largest absolute Gasteiger partial charge is 0.459 e. The van der Waals surface area contributed by atoms with Crippen molar-refractivity contribution in [2.75, 3.05) is 6.61 Å². The van der Waals surface area contributed by atoms with Gasteiger partial charge in [0.2, 0.25) is 0 Å². The Morgan fingerprint density at radius 1 is 1.26 bits per heavy atom. The van der Waals surface area contributed by atoms with Gasteiger partial charge in [-0.05, 0) is 12.1 Å². The number of carbonyl (C=O) groups is 1. The van der Waals surface area contributed by atoms with Gasteiger partial charge >= 0.3 is 5.97 Å². The summed E-state index contributed by atoms with van der Waals surface area (Å²) in [5.74, 6) is -0.798. The van der Waals surface area contributed by atoms with Gasteiger partial charge in [0.25, 0.3) is 0 Å². The van der Waals surface area contributed by atoms with Crippen LogP contribution in [0.4, 0.5) is 0 Å². The smallest absolute Gasteiger partial charge is 0.338 e. The van der Waals surface area contributed by atoms with Crippen molar-refractivity contribution in [3.8, 4) is 0 Å². The van der Waals surface area contributed by atoms with E-state index >= 15 is 0 Å². The molecule has 1 aromatic rings. The molecule has 128 valence electrons. The molecule has 5 nitrogen and oxygen atoms in total. The average molecular weight is 340 g/mol. The van der Waals surface area contributed by atoms with Gasteiger partial charge < -0.3 is 19.7 Å². The zero-order valence-electron chi connectivity index (χ0n) is 13.6. The molecule has 0 amide bonds. The maximum atomic E-state index is 12.0. The highest BCUT2D eigenvalue weighted by molar-refractivity contribution is 8.00. The number of rotatable bonds is 5. The Kier molecular flexibility index (Phi) is 6.47. The van der Waals surface area contributed by atoms with E-state index in [0.717, 1.165) is 0 Å². The van der Waals surface area contributed by atoms with Crippen LogP contribution in [0.1, 0.15) is 31.1 Å². The van der Waals surface area contributed by atoms with Gasteiger partial charge in [0.1, 0.15) is 18.1 Å². The Hall–Kier alpha value is -1.08. The van der Waals surface area contributed by atoms with E-state index in [1.165, 1.54) is 11.8 Å². The van der Waals surface area contributed by atoms with Crippen LogP contribution in [-0.2, 0) is 9.47 Å². The number of ether oxygens (including phenoxy) is 2. The van der Waals surface area contributed by atoms with Crippen molar-refractivity contribution in [2.24, 2.45) is 5.92 Å². The Morgan fingerprint density at radius 2 is 1.91 bits per heavy atom. The average Bonchev–Trinajstić information content (AvgIpc) is 2.54. The lowest BCUT2D eigenvalue weighted by molar-refractivity contribution is -0.178. The Labute approximate surface area is 141 Å². The quantitative estimate of drug-likeness (QED) is 0.799. The predicted octanol–water partition coefficient (Wildman–Crippen LogP) is 2.07. The molecule has 6 heteroatoms. The molecular weight excluding hydrogens is 316 g/mol. The second-order valence-electron chi connectivity index (χ2n) is 6.03. The monoisotopic (exact) mass is 340 g/mol. The van der Waals surface area contributed by atoms with E-state index in [1.807, 2.05) is 19.9 Å². The number of benzene rings is 1.